The molecule has 1 rings (SSSR count). The lowest BCUT2D eigenvalue weighted by Crippen LogP contribution is -2.21. The van der Waals surface area contributed by atoms with Gasteiger partial charge in [0.1, 0.15) is 11.8 Å². The van der Waals surface area contributed by atoms with Crippen LogP contribution in [0.1, 0.15) is 18.9 Å². The number of likely N-dealkylation sites (N-methyl/N-ethyl adjacent to an activating group) is 1. The lowest BCUT2D eigenvalue weighted by molar-refractivity contribution is -0.116. The largest absolute Gasteiger partial charge is 0.476 e. The first-order valence-electron chi connectivity index (χ1n) is 7.29. The van der Waals surface area contributed by atoms with E-state index in [2.05, 4.69) is 11.4 Å². The first-order valence-corrected chi connectivity index (χ1v) is 7.29. The Morgan fingerprint density at radius 1 is 1.50 bits per heavy atom. The molecule has 1 unspecified atom stereocenters. The van der Waals surface area contributed by atoms with Crippen LogP contribution in [-0.2, 0) is 11.3 Å². The Hall–Kier alpha value is -2.32. The number of hydrogen-bond donors (Lipinski definition) is 1. The predicted molar refractivity (Wildman–Crippen MR) is 86.3 cm³/mol. The van der Waals surface area contributed by atoms with Crippen molar-refractivity contribution in [1.29, 1.82) is 5.26 Å². The van der Waals surface area contributed by atoms with Gasteiger partial charge in [-0.2, -0.15) is 5.26 Å². The van der Waals surface area contributed by atoms with E-state index < -0.39 is 6.10 Å². The molecule has 1 aromatic rings. The van der Waals surface area contributed by atoms with Gasteiger partial charge in [-0.05, 0) is 38.2 Å². The summed E-state index contributed by atoms with van der Waals surface area (Å²) in [5.41, 5.74) is 0.930. The molecule has 1 atom stereocenters. The first-order chi connectivity index (χ1) is 10.5. The molecule has 0 saturated heterocycles. The molecule has 0 heterocycles. The lowest BCUT2D eigenvalue weighted by atomic mass is 10.2. The van der Waals surface area contributed by atoms with Crippen LogP contribution in [0.4, 0.5) is 0 Å². The quantitative estimate of drug-likeness (QED) is 0.747. The molecule has 0 aliphatic rings. The summed E-state index contributed by atoms with van der Waals surface area (Å²) in [6.45, 7) is 3.05. The third-order valence-electron chi connectivity index (χ3n) is 2.90. The van der Waals surface area contributed by atoms with Gasteiger partial charge in [-0.25, -0.2) is 0 Å². The summed E-state index contributed by atoms with van der Waals surface area (Å²) in [5.74, 6) is 0.514. The fourth-order valence-electron chi connectivity index (χ4n) is 1.71. The van der Waals surface area contributed by atoms with Crippen LogP contribution in [0, 0.1) is 11.3 Å². The highest BCUT2D eigenvalue weighted by atomic mass is 16.5. The second kappa shape index (κ2) is 9.59. The van der Waals surface area contributed by atoms with E-state index >= 15 is 0 Å². The van der Waals surface area contributed by atoms with E-state index in [1.807, 2.05) is 56.3 Å². The number of carbonyl (C=O) groups is 1. The van der Waals surface area contributed by atoms with Crippen LogP contribution in [0.3, 0.4) is 0 Å². The number of nitrogens with one attached hydrogen (secondary N) is 1. The van der Waals surface area contributed by atoms with Crippen LogP contribution >= 0.6 is 0 Å². The van der Waals surface area contributed by atoms with Crippen molar-refractivity contribution in [2.45, 2.75) is 26.0 Å². The summed E-state index contributed by atoms with van der Waals surface area (Å²) in [6, 6.07) is 9.50. The Morgan fingerprint density at radius 3 is 2.91 bits per heavy atom. The maximum atomic E-state index is 11.7. The lowest BCUT2D eigenvalue weighted by Gasteiger charge is -2.11. The average molecular weight is 301 g/mol. The van der Waals surface area contributed by atoms with Gasteiger partial charge >= 0.3 is 0 Å². The summed E-state index contributed by atoms with van der Waals surface area (Å²) < 4.78 is 5.56. The van der Waals surface area contributed by atoms with Gasteiger partial charge in [0.05, 0.1) is 0 Å². The molecule has 5 heteroatoms. The maximum Gasteiger partial charge on any atom is 0.243 e. The van der Waals surface area contributed by atoms with E-state index in [1.165, 1.54) is 6.08 Å². The SMILES string of the molecule is CCC(C#N)Oc1cccc(CNC(=O)/C=C/CN(C)C)c1. The third-order valence-corrected chi connectivity index (χ3v) is 2.90. The molecule has 0 saturated carbocycles. The molecule has 0 aliphatic heterocycles. The second-order valence-corrected chi connectivity index (χ2v) is 5.17. The molecule has 0 aliphatic carbocycles. The van der Waals surface area contributed by atoms with Crippen molar-refractivity contribution in [3.05, 3.63) is 42.0 Å². The zero-order valence-corrected chi connectivity index (χ0v) is 13.4. The molecule has 1 amide bonds. The Bertz CT molecular complexity index is 547. The van der Waals surface area contributed by atoms with E-state index in [0.29, 0.717) is 18.7 Å². The Balaban J connectivity index is 2.51. The number of hydrogen-bond acceptors (Lipinski definition) is 4. The minimum atomic E-state index is -0.446. The minimum absolute atomic E-state index is 0.128. The highest BCUT2D eigenvalue weighted by molar-refractivity contribution is 5.87. The van der Waals surface area contributed by atoms with Crippen LogP contribution in [0.5, 0.6) is 5.75 Å². The zero-order chi connectivity index (χ0) is 16.4. The smallest absolute Gasteiger partial charge is 0.243 e. The number of nitriles is 1. The molecular formula is C17H23N3O2. The van der Waals surface area contributed by atoms with Gasteiger partial charge in [0, 0.05) is 19.2 Å². The van der Waals surface area contributed by atoms with Crippen LogP contribution in [0.25, 0.3) is 0 Å². The molecule has 0 aromatic heterocycles. The molecule has 0 bridgehead atoms. The predicted octanol–water partition coefficient (Wildman–Crippen LogP) is 2.10. The molecule has 22 heavy (non-hydrogen) atoms. The van der Waals surface area contributed by atoms with Crippen molar-refractivity contribution >= 4 is 5.91 Å². The molecule has 5 nitrogen and oxygen atoms in total. The molecule has 1 aromatic carbocycles. The van der Waals surface area contributed by atoms with E-state index in [9.17, 15) is 4.79 Å². The van der Waals surface area contributed by atoms with Crippen molar-refractivity contribution in [2.24, 2.45) is 0 Å². The summed E-state index contributed by atoms with van der Waals surface area (Å²) in [5, 5.41) is 11.7. The van der Waals surface area contributed by atoms with Crippen LogP contribution in [-0.4, -0.2) is 37.6 Å². The van der Waals surface area contributed by atoms with Crippen LogP contribution in [0.2, 0.25) is 0 Å². The number of carbonyl (C=O) groups excluding carboxylic acids is 1. The van der Waals surface area contributed by atoms with Gasteiger partial charge in [0.25, 0.3) is 0 Å². The van der Waals surface area contributed by atoms with Gasteiger partial charge in [-0.3, -0.25) is 4.79 Å². The second-order valence-electron chi connectivity index (χ2n) is 5.17. The average Bonchev–Trinajstić information content (AvgIpc) is 2.50. The normalized spacial score (nSPS) is 12.1. The zero-order valence-electron chi connectivity index (χ0n) is 13.4. The summed E-state index contributed by atoms with van der Waals surface area (Å²) in [7, 11) is 3.89. The highest BCUT2D eigenvalue weighted by Crippen LogP contribution is 2.15. The third kappa shape index (κ3) is 6.91. The summed E-state index contributed by atoms with van der Waals surface area (Å²) in [6.07, 6.45) is 3.53. The fraction of sp³-hybridized carbons (Fsp3) is 0.412. The Kier molecular flexibility index (Phi) is 7.73. The molecule has 118 valence electrons. The molecule has 0 fully saturated rings. The number of ether oxygens (including phenoxy) is 1. The Labute approximate surface area is 132 Å². The van der Waals surface area contributed by atoms with Crippen LogP contribution in [0.15, 0.2) is 36.4 Å². The standard InChI is InChI=1S/C17H23N3O2/c1-4-15(12-18)22-16-8-5-7-14(11-16)13-19-17(21)9-6-10-20(2)3/h5-9,11,15H,4,10,13H2,1-3H3,(H,19,21)/b9-6+. The topological polar surface area (TPSA) is 65.4 Å². The van der Waals surface area contributed by atoms with E-state index in [-0.39, 0.29) is 5.91 Å². The van der Waals surface area contributed by atoms with Gasteiger partial charge < -0.3 is 15.0 Å². The molecular weight excluding hydrogens is 278 g/mol. The first kappa shape index (κ1) is 17.7. The summed E-state index contributed by atoms with van der Waals surface area (Å²) in [4.78, 5) is 13.6. The fourth-order valence-corrected chi connectivity index (χ4v) is 1.71. The van der Waals surface area contributed by atoms with E-state index in [0.717, 1.165) is 12.1 Å². The molecule has 0 radical (unpaired) electrons. The highest BCUT2D eigenvalue weighted by Gasteiger charge is 2.06. The molecule has 0 spiro atoms. The van der Waals surface area contributed by atoms with Gasteiger partial charge in [0.2, 0.25) is 5.91 Å². The Morgan fingerprint density at radius 2 is 2.27 bits per heavy atom. The minimum Gasteiger partial charge on any atom is -0.476 e. The number of amides is 1. The van der Waals surface area contributed by atoms with E-state index in [1.54, 1.807) is 0 Å². The van der Waals surface area contributed by atoms with Crippen molar-refractivity contribution in [1.82, 2.24) is 10.2 Å². The van der Waals surface area contributed by atoms with Crippen molar-refractivity contribution < 1.29 is 9.53 Å². The van der Waals surface area contributed by atoms with Gasteiger partial charge in [0.15, 0.2) is 6.10 Å². The monoisotopic (exact) mass is 301 g/mol. The van der Waals surface area contributed by atoms with Crippen molar-refractivity contribution in [2.75, 3.05) is 20.6 Å². The summed E-state index contributed by atoms with van der Waals surface area (Å²) >= 11 is 0. The number of nitrogens with zero attached hydrogens (tertiary/aromatic N) is 2. The number of rotatable bonds is 8. The number of benzene rings is 1. The van der Waals surface area contributed by atoms with Crippen molar-refractivity contribution in [3.63, 3.8) is 0 Å². The van der Waals surface area contributed by atoms with Crippen molar-refractivity contribution in [3.8, 4) is 11.8 Å². The van der Waals surface area contributed by atoms with Crippen LogP contribution < -0.4 is 10.1 Å². The van der Waals surface area contributed by atoms with Gasteiger partial charge in [-0.15, -0.1) is 0 Å². The van der Waals surface area contributed by atoms with E-state index in [4.69, 9.17) is 10.00 Å². The molecule has 1 N–H and O–H groups in total. The maximum absolute atomic E-state index is 11.7. The van der Waals surface area contributed by atoms with Gasteiger partial charge in [-0.1, -0.05) is 25.1 Å².